The minimum atomic E-state index is -0.619. The van der Waals surface area contributed by atoms with Gasteiger partial charge in [-0.3, -0.25) is 19.7 Å². The van der Waals surface area contributed by atoms with Crippen LogP contribution in [0, 0.1) is 0 Å². The number of aromatic nitrogens is 1. The molecule has 1 aromatic heterocycles. The SMILES string of the molecule is CC(C)c1cc2c(c(=O)[nH]1)C(=O)NC2=O. The normalized spacial score (nSPS) is 14.3. The number of carbonyl (C=O) groups excluding carboxylic acids is 2. The van der Waals surface area contributed by atoms with E-state index in [9.17, 15) is 14.4 Å². The molecule has 5 nitrogen and oxygen atoms in total. The predicted octanol–water partition coefficient (Wildman–Crippen LogP) is 0.382. The molecule has 0 spiro atoms. The summed E-state index contributed by atoms with van der Waals surface area (Å²) in [4.78, 5) is 36.7. The molecule has 2 N–H and O–H groups in total. The Morgan fingerprint density at radius 1 is 1.13 bits per heavy atom. The fraction of sp³-hybridized carbons (Fsp3) is 0.300. The number of rotatable bonds is 1. The molecule has 2 amide bonds. The van der Waals surface area contributed by atoms with E-state index in [1.54, 1.807) is 6.07 Å². The first-order valence-corrected chi connectivity index (χ1v) is 4.63. The van der Waals surface area contributed by atoms with E-state index in [0.29, 0.717) is 5.69 Å². The van der Waals surface area contributed by atoms with Crippen molar-refractivity contribution in [3.8, 4) is 0 Å². The second-order valence-corrected chi connectivity index (χ2v) is 3.78. The van der Waals surface area contributed by atoms with E-state index in [2.05, 4.69) is 10.3 Å². The van der Waals surface area contributed by atoms with Crippen LogP contribution in [-0.2, 0) is 0 Å². The van der Waals surface area contributed by atoms with Crippen molar-refractivity contribution in [1.82, 2.24) is 10.3 Å². The Morgan fingerprint density at radius 3 is 2.40 bits per heavy atom. The number of H-pyrrole nitrogens is 1. The monoisotopic (exact) mass is 206 g/mol. The van der Waals surface area contributed by atoms with Gasteiger partial charge in [0.15, 0.2) is 0 Å². The van der Waals surface area contributed by atoms with E-state index < -0.39 is 17.4 Å². The van der Waals surface area contributed by atoms with Gasteiger partial charge in [0.2, 0.25) is 0 Å². The van der Waals surface area contributed by atoms with Gasteiger partial charge in [0.1, 0.15) is 5.56 Å². The van der Waals surface area contributed by atoms with Crippen molar-refractivity contribution < 1.29 is 9.59 Å². The maximum absolute atomic E-state index is 11.5. The van der Waals surface area contributed by atoms with Gasteiger partial charge in [0.05, 0.1) is 5.56 Å². The van der Waals surface area contributed by atoms with Crippen LogP contribution < -0.4 is 10.9 Å². The molecule has 0 saturated carbocycles. The Bertz CT molecular complexity index is 514. The molecule has 5 heteroatoms. The predicted molar refractivity (Wildman–Crippen MR) is 52.9 cm³/mol. The van der Waals surface area contributed by atoms with Gasteiger partial charge >= 0.3 is 0 Å². The van der Waals surface area contributed by atoms with Gasteiger partial charge in [-0.2, -0.15) is 0 Å². The highest BCUT2D eigenvalue weighted by Crippen LogP contribution is 2.16. The van der Waals surface area contributed by atoms with Crippen LogP contribution in [-0.4, -0.2) is 16.8 Å². The highest BCUT2D eigenvalue weighted by molar-refractivity contribution is 6.21. The lowest BCUT2D eigenvalue weighted by molar-refractivity contribution is 0.0879. The van der Waals surface area contributed by atoms with Crippen LogP contribution in [0.1, 0.15) is 46.2 Å². The zero-order chi connectivity index (χ0) is 11.2. The van der Waals surface area contributed by atoms with Crippen LogP contribution in [0.3, 0.4) is 0 Å². The van der Waals surface area contributed by atoms with Crippen LogP contribution in [0.4, 0.5) is 0 Å². The fourth-order valence-electron chi connectivity index (χ4n) is 1.53. The summed E-state index contributed by atoms with van der Waals surface area (Å²) in [7, 11) is 0. The molecule has 0 unspecified atom stereocenters. The molecule has 0 aliphatic carbocycles. The number of amides is 2. The number of hydrogen-bond acceptors (Lipinski definition) is 3. The highest BCUT2D eigenvalue weighted by Gasteiger charge is 2.30. The van der Waals surface area contributed by atoms with Crippen LogP contribution in [0.25, 0.3) is 0 Å². The van der Waals surface area contributed by atoms with E-state index in [4.69, 9.17) is 0 Å². The molecular formula is C10H10N2O3. The summed E-state index contributed by atoms with van der Waals surface area (Å²) in [5.41, 5.74) is 0.250. The van der Waals surface area contributed by atoms with Gasteiger partial charge in [-0.1, -0.05) is 13.8 Å². The molecule has 0 atom stereocenters. The van der Waals surface area contributed by atoms with Gasteiger partial charge in [0, 0.05) is 5.69 Å². The van der Waals surface area contributed by atoms with Crippen molar-refractivity contribution in [3.05, 3.63) is 33.2 Å². The minimum Gasteiger partial charge on any atom is -0.325 e. The summed E-state index contributed by atoms with van der Waals surface area (Å²) in [5.74, 6) is -1.01. The summed E-state index contributed by atoms with van der Waals surface area (Å²) in [6.07, 6.45) is 0. The molecule has 0 fully saturated rings. The molecule has 15 heavy (non-hydrogen) atoms. The lowest BCUT2D eigenvalue weighted by Crippen LogP contribution is -2.23. The highest BCUT2D eigenvalue weighted by atomic mass is 16.2. The zero-order valence-electron chi connectivity index (χ0n) is 8.38. The van der Waals surface area contributed by atoms with E-state index in [0.717, 1.165) is 0 Å². The molecule has 2 heterocycles. The molecular weight excluding hydrogens is 196 g/mol. The molecule has 2 rings (SSSR count). The topological polar surface area (TPSA) is 79.0 Å². The number of imide groups is 1. The second kappa shape index (κ2) is 3.05. The fourth-order valence-corrected chi connectivity index (χ4v) is 1.53. The molecule has 0 saturated heterocycles. The molecule has 1 aliphatic rings. The Balaban J connectivity index is 2.72. The summed E-state index contributed by atoms with van der Waals surface area (Å²) < 4.78 is 0. The first kappa shape index (κ1) is 9.64. The smallest absolute Gasteiger partial charge is 0.264 e. The summed E-state index contributed by atoms with van der Waals surface area (Å²) >= 11 is 0. The molecule has 0 radical (unpaired) electrons. The summed E-state index contributed by atoms with van der Waals surface area (Å²) in [6, 6.07) is 1.56. The van der Waals surface area contributed by atoms with Gasteiger partial charge in [-0.25, -0.2) is 0 Å². The number of hydrogen-bond donors (Lipinski definition) is 2. The van der Waals surface area contributed by atoms with E-state index in [1.807, 2.05) is 13.8 Å². The van der Waals surface area contributed by atoms with Crippen molar-refractivity contribution >= 4 is 11.8 Å². The van der Waals surface area contributed by atoms with Gasteiger partial charge in [-0.05, 0) is 12.0 Å². The minimum absolute atomic E-state index is 0.0793. The Morgan fingerprint density at radius 2 is 1.80 bits per heavy atom. The van der Waals surface area contributed by atoms with Crippen molar-refractivity contribution in [3.63, 3.8) is 0 Å². The van der Waals surface area contributed by atoms with E-state index in [-0.39, 0.29) is 17.0 Å². The maximum Gasteiger partial charge on any atom is 0.264 e. The van der Waals surface area contributed by atoms with Gasteiger partial charge in [-0.15, -0.1) is 0 Å². The molecule has 1 aromatic rings. The summed E-state index contributed by atoms with van der Waals surface area (Å²) in [6.45, 7) is 3.79. The number of carbonyl (C=O) groups is 2. The third-order valence-corrected chi connectivity index (χ3v) is 2.37. The number of nitrogens with one attached hydrogen (secondary N) is 2. The molecule has 78 valence electrons. The van der Waals surface area contributed by atoms with Crippen LogP contribution in [0.15, 0.2) is 10.9 Å². The second-order valence-electron chi connectivity index (χ2n) is 3.78. The van der Waals surface area contributed by atoms with Gasteiger partial charge in [0.25, 0.3) is 17.4 Å². The Hall–Kier alpha value is -1.91. The largest absolute Gasteiger partial charge is 0.325 e. The summed E-state index contributed by atoms with van der Waals surface area (Å²) in [5, 5.41) is 2.09. The number of pyridine rings is 1. The zero-order valence-corrected chi connectivity index (χ0v) is 8.38. The molecule has 1 aliphatic heterocycles. The van der Waals surface area contributed by atoms with E-state index in [1.165, 1.54) is 0 Å². The third-order valence-electron chi connectivity index (χ3n) is 2.37. The first-order chi connectivity index (χ1) is 7.00. The van der Waals surface area contributed by atoms with Crippen LogP contribution in [0.5, 0.6) is 0 Å². The average molecular weight is 206 g/mol. The Labute approximate surface area is 85.5 Å². The van der Waals surface area contributed by atoms with Crippen LogP contribution in [0.2, 0.25) is 0 Å². The van der Waals surface area contributed by atoms with Crippen molar-refractivity contribution in [2.45, 2.75) is 19.8 Å². The molecule has 0 aromatic carbocycles. The molecule has 0 bridgehead atoms. The van der Waals surface area contributed by atoms with Crippen molar-refractivity contribution in [2.24, 2.45) is 0 Å². The number of aromatic amines is 1. The standard InChI is InChI=1S/C10H10N2O3/c1-4(2)6-3-5-7(9(14)11-6)10(15)12-8(5)13/h3-4H,1-2H3,(H,11,14)(H,12,13,15). The van der Waals surface area contributed by atoms with Crippen molar-refractivity contribution in [1.29, 1.82) is 0 Å². The quantitative estimate of drug-likeness (QED) is 0.652. The maximum atomic E-state index is 11.5. The van der Waals surface area contributed by atoms with Crippen molar-refractivity contribution in [2.75, 3.05) is 0 Å². The Kier molecular flexibility index (Phi) is 1.96. The average Bonchev–Trinajstić information content (AvgIpc) is 2.42. The lowest BCUT2D eigenvalue weighted by atomic mass is 10.1. The first-order valence-electron chi connectivity index (χ1n) is 4.63. The van der Waals surface area contributed by atoms with Gasteiger partial charge < -0.3 is 4.98 Å². The van der Waals surface area contributed by atoms with E-state index >= 15 is 0 Å². The number of fused-ring (bicyclic) bond motifs is 1. The van der Waals surface area contributed by atoms with Crippen LogP contribution >= 0.6 is 0 Å². The third kappa shape index (κ3) is 1.36. The lowest BCUT2D eigenvalue weighted by Gasteiger charge is -2.05.